The van der Waals surface area contributed by atoms with Crippen molar-refractivity contribution in [3.63, 3.8) is 0 Å². The monoisotopic (exact) mass is 191 g/mol. The number of nitrogens with zero attached hydrogens (tertiary/aromatic N) is 4. The van der Waals surface area contributed by atoms with Crippen molar-refractivity contribution in [1.82, 2.24) is 14.6 Å². The molecule has 14 heavy (non-hydrogen) atoms. The number of fused-ring (bicyclic) bond motifs is 1. The number of pyridine rings is 1. The van der Waals surface area contributed by atoms with Crippen LogP contribution in [0.1, 0.15) is 11.4 Å². The van der Waals surface area contributed by atoms with Crippen LogP contribution in [0.25, 0.3) is 5.65 Å². The Hall–Kier alpha value is -2.11. The van der Waals surface area contributed by atoms with Crippen molar-refractivity contribution in [3.8, 4) is 0 Å². The number of oxime groups is 1. The number of hydrogen-bond acceptors (Lipinski definition) is 4. The van der Waals surface area contributed by atoms with E-state index in [-0.39, 0.29) is 5.84 Å². The van der Waals surface area contributed by atoms with E-state index in [1.54, 1.807) is 22.7 Å². The van der Waals surface area contributed by atoms with Gasteiger partial charge in [0.15, 0.2) is 11.5 Å². The van der Waals surface area contributed by atoms with Gasteiger partial charge in [-0.3, -0.25) is 4.40 Å². The summed E-state index contributed by atoms with van der Waals surface area (Å²) < 4.78 is 1.77. The standard InChI is InChI=1S/C8H9N5O/c1-5-10-11-7-3-2-6(4-13(5)7)8(9)12-14/h2-4,14H,1H3,(H2,9,12). The molecule has 0 saturated carbocycles. The van der Waals surface area contributed by atoms with Crippen molar-refractivity contribution in [1.29, 1.82) is 0 Å². The topological polar surface area (TPSA) is 88.8 Å². The molecule has 0 atom stereocenters. The van der Waals surface area contributed by atoms with Crippen LogP contribution in [-0.4, -0.2) is 25.6 Å². The van der Waals surface area contributed by atoms with E-state index >= 15 is 0 Å². The lowest BCUT2D eigenvalue weighted by Crippen LogP contribution is -2.13. The van der Waals surface area contributed by atoms with Crippen molar-refractivity contribution in [2.24, 2.45) is 10.9 Å². The van der Waals surface area contributed by atoms with Crippen LogP contribution in [0.2, 0.25) is 0 Å². The van der Waals surface area contributed by atoms with E-state index < -0.39 is 0 Å². The van der Waals surface area contributed by atoms with Crippen LogP contribution >= 0.6 is 0 Å². The van der Waals surface area contributed by atoms with Crippen molar-refractivity contribution in [2.75, 3.05) is 0 Å². The highest BCUT2D eigenvalue weighted by Gasteiger charge is 2.03. The fraction of sp³-hybridized carbons (Fsp3) is 0.125. The molecule has 2 aromatic heterocycles. The average molecular weight is 191 g/mol. The van der Waals surface area contributed by atoms with Gasteiger partial charge < -0.3 is 10.9 Å². The predicted molar refractivity (Wildman–Crippen MR) is 50.2 cm³/mol. The maximum absolute atomic E-state index is 8.50. The third kappa shape index (κ3) is 1.17. The minimum absolute atomic E-state index is 0.0694. The average Bonchev–Trinajstić information content (AvgIpc) is 2.59. The second-order valence-corrected chi connectivity index (χ2v) is 2.88. The Balaban J connectivity index is 2.66. The molecule has 0 aliphatic carbocycles. The zero-order chi connectivity index (χ0) is 10.1. The smallest absolute Gasteiger partial charge is 0.171 e. The van der Waals surface area contributed by atoms with Gasteiger partial charge in [0, 0.05) is 11.8 Å². The highest BCUT2D eigenvalue weighted by molar-refractivity contribution is 5.96. The minimum Gasteiger partial charge on any atom is -0.409 e. The fourth-order valence-corrected chi connectivity index (χ4v) is 1.21. The molecule has 0 saturated heterocycles. The molecule has 6 nitrogen and oxygen atoms in total. The predicted octanol–water partition coefficient (Wildman–Crippen LogP) is 0.132. The van der Waals surface area contributed by atoms with E-state index in [2.05, 4.69) is 15.4 Å². The van der Waals surface area contributed by atoms with Gasteiger partial charge in [0.05, 0.1) is 0 Å². The summed E-state index contributed by atoms with van der Waals surface area (Å²) in [7, 11) is 0. The lowest BCUT2D eigenvalue weighted by Gasteiger charge is -1.99. The Morgan fingerprint density at radius 2 is 2.29 bits per heavy atom. The highest BCUT2D eigenvalue weighted by Crippen LogP contribution is 2.05. The Kier molecular flexibility index (Phi) is 1.81. The minimum atomic E-state index is 0.0694. The molecular formula is C8H9N5O. The van der Waals surface area contributed by atoms with E-state index in [1.165, 1.54) is 0 Å². The van der Waals surface area contributed by atoms with Gasteiger partial charge >= 0.3 is 0 Å². The molecule has 0 aliphatic rings. The number of aromatic nitrogens is 3. The first kappa shape index (κ1) is 8.49. The first-order valence-corrected chi connectivity index (χ1v) is 4.01. The molecule has 0 aromatic carbocycles. The van der Waals surface area contributed by atoms with Gasteiger partial charge in [0.25, 0.3) is 0 Å². The van der Waals surface area contributed by atoms with E-state index in [0.29, 0.717) is 5.56 Å². The molecule has 0 spiro atoms. The molecule has 2 heterocycles. The van der Waals surface area contributed by atoms with Crippen LogP contribution in [-0.2, 0) is 0 Å². The van der Waals surface area contributed by atoms with Gasteiger partial charge in [0.1, 0.15) is 5.82 Å². The summed E-state index contributed by atoms with van der Waals surface area (Å²) >= 11 is 0. The van der Waals surface area contributed by atoms with E-state index in [0.717, 1.165) is 11.5 Å². The Labute approximate surface area is 79.7 Å². The third-order valence-corrected chi connectivity index (χ3v) is 1.98. The van der Waals surface area contributed by atoms with Crippen molar-refractivity contribution >= 4 is 11.5 Å². The Morgan fingerprint density at radius 3 is 3.00 bits per heavy atom. The van der Waals surface area contributed by atoms with Crippen LogP contribution in [0.3, 0.4) is 0 Å². The van der Waals surface area contributed by atoms with Crippen LogP contribution in [0, 0.1) is 6.92 Å². The highest BCUT2D eigenvalue weighted by atomic mass is 16.4. The van der Waals surface area contributed by atoms with Crippen molar-refractivity contribution in [2.45, 2.75) is 6.92 Å². The summed E-state index contributed by atoms with van der Waals surface area (Å²) in [6.07, 6.45) is 1.72. The molecule has 0 fully saturated rings. The van der Waals surface area contributed by atoms with E-state index in [9.17, 15) is 0 Å². The second kappa shape index (κ2) is 2.99. The van der Waals surface area contributed by atoms with Gasteiger partial charge in [-0.1, -0.05) is 5.16 Å². The van der Waals surface area contributed by atoms with Gasteiger partial charge in [-0.05, 0) is 19.1 Å². The molecular weight excluding hydrogens is 182 g/mol. The first-order chi connectivity index (χ1) is 6.72. The van der Waals surface area contributed by atoms with Crippen molar-refractivity contribution < 1.29 is 5.21 Å². The maximum Gasteiger partial charge on any atom is 0.171 e. The van der Waals surface area contributed by atoms with Crippen LogP contribution in [0.4, 0.5) is 0 Å². The lowest BCUT2D eigenvalue weighted by molar-refractivity contribution is 0.318. The molecule has 0 radical (unpaired) electrons. The quantitative estimate of drug-likeness (QED) is 0.290. The van der Waals surface area contributed by atoms with Crippen LogP contribution in [0.5, 0.6) is 0 Å². The summed E-state index contributed by atoms with van der Waals surface area (Å²) in [5.41, 5.74) is 6.81. The Morgan fingerprint density at radius 1 is 1.50 bits per heavy atom. The second-order valence-electron chi connectivity index (χ2n) is 2.88. The van der Waals surface area contributed by atoms with Gasteiger partial charge in [-0.25, -0.2) is 0 Å². The zero-order valence-corrected chi connectivity index (χ0v) is 7.55. The summed E-state index contributed by atoms with van der Waals surface area (Å²) in [6.45, 7) is 1.83. The van der Waals surface area contributed by atoms with E-state index in [4.69, 9.17) is 10.9 Å². The van der Waals surface area contributed by atoms with Crippen molar-refractivity contribution in [3.05, 3.63) is 29.7 Å². The number of amidine groups is 1. The van der Waals surface area contributed by atoms with Crippen LogP contribution < -0.4 is 5.73 Å². The zero-order valence-electron chi connectivity index (χ0n) is 7.55. The summed E-state index contributed by atoms with van der Waals surface area (Å²) in [5.74, 6) is 0.826. The summed E-state index contributed by atoms with van der Waals surface area (Å²) in [5, 5.41) is 19.2. The number of rotatable bonds is 1. The number of nitrogens with two attached hydrogens (primary N) is 1. The first-order valence-electron chi connectivity index (χ1n) is 4.01. The maximum atomic E-state index is 8.50. The molecule has 0 amide bonds. The summed E-state index contributed by atoms with van der Waals surface area (Å²) in [6, 6.07) is 3.48. The SMILES string of the molecule is Cc1nnc2ccc(/C(N)=N\O)cn12. The third-order valence-electron chi connectivity index (χ3n) is 1.98. The Bertz CT molecular complexity index is 501. The fourth-order valence-electron chi connectivity index (χ4n) is 1.21. The van der Waals surface area contributed by atoms with E-state index in [1.807, 2.05) is 6.92 Å². The molecule has 0 bridgehead atoms. The molecule has 0 aliphatic heterocycles. The van der Waals surface area contributed by atoms with Gasteiger partial charge in [-0.15, -0.1) is 10.2 Å². The number of aryl methyl sites for hydroxylation is 1. The molecule has 2 aromatic rings. The van der Waals surface area contributed by atoms with Crippen LogP contribution in [0.15, 0.2) is 23.5 Å². The normalized spacial score (nSPS) is 12.2. The number of hydrogen-bond donors (Lipinski definition) is 2. The molecule has 0 unspecified atom stereocenters. The molecule has 2 rings (SSSR count). The molecule has 6 heteroatoms. The van der Waals surface area contributed by atoms with Gasteiger partial charge in [-0.2, -0.15) is 0 Å². The lowest BCUT2D eigenvalue weighted by atomic mass is 10.2. The summed E-state index contributed by atoms with van der Waals surface area (Å²) in [4.78, 5) is 0. The van der Waals surface area contributed by atoms with Gasteiger partial charge in [0.2, 0.25) is 0 Å². The molecule has 72 valence electrons. The molecule has 3 N–H and O–H groups in total. The largest absolute Gasteiger partial charge is 0.409 e.